The van der Waals surface area contributed by atoms with Crippen molar-refractivity contribution in [3.8, 4) is 0 Å². The molecule has 0 radical (unpaired) electrons. The third-order valence-corrected chi connectivity index (χ3v) is 2.48. The van der Waals surface area contributed by atoms with Gasteiger partial charge in [0.25, 0.3) is 0 Å². The maximum Gasteiger partial charge on any atom is 0.160 e. The lowest BCUT2D eigenvalue weighted by Gasteiger charge is -2.09. The maximum absolute atomic E-state index is 13.7. The van der Waals surface area contributed by atoms with Gasteiger partial charge >= 0.3 is 0 Å². The smallest absolute Gasteiger partial charge is 0.160 e. The second kappa shape index (κ2) is 2.66. The Morgan fingerprint density at radius 3 is 2.54 bits per heavy atom. The van der Waals surface area contributed by atoms with Gasteiger partial charge in [-0.05, 0) is 25.3 Å². The van der Waals surface area contributed by atoms with Crippen molar-refractivity contribution in [2.75, 3.05) is 0 Å². The highest BCUT2D eigenvalue weighted by Crippen LogP contribution is 2.50. The molecule has 0 atom stereocenters. The van der Waals surface area contributed by atoms with Gasteiger partial charge in [-0.1, -0.05) is 24.3 Å². The van der Waals surface area contributed by atoms with E-state index in [9.17, 15) is 9.18 Å². The second-order valence-electron chi connectivity index (χ2n) is 3.57. The van der Waals surface area contributed by atoms with E-state index in [1.807, 2.05) is 0 Å². The summed E-state index contributed by atoms with van der Waals surface area (Å²) in [6.07, 6.45) is 1.11. The molecule has 1 saturated carbocycles. The van der Waals surface area contributed by atoms with E-state index in [1.165, 1.54) is 6.92 Å². The van der Waals surface area contributed by atoms with Crippen LogP contribution in [0.25, 0.3) is 0 Å². The molecule has 13 heavy (non-hydrogen) atoms. The van der Waals surface area contributed by atoms with Gasteiger partial charge in [-0.15, -0.1) is 0 Å². The highest BCUT2D eigenvalue weighted by atomic mass is 19.1. The van der Waals surface area contributed by atoms with Crippen LogP contribution in [0.1, 0.15) is 35.7 Å². The zero-order valence-electron chi connectivity index (χ0n) is 7.51. The van der Waals surface area contributed by atoms with Gasteiger partial charge in [0.1, 0.15) is 5.67 Å². The summed E-state index contributed by atoms with van der Waals surface area (Å²) in [7, 11) is 0. The monoisotopic (exact) mass is 178 g/mol. The van der Waals surface area contributed by atoms with Crippen LogP contribution in [0.5, 0.6) is 0 Å². The third-order valence-electron chi connectivity index (χ3n) is 2.48. The highest BCUT2D eigenvalue weighted by Gasteiger charge is 2.46. The molecule has 1 aromatic carbocycles. The quantitative estimate of drug-likeness (QED) is 0.636. The summed E-state index contributed by atoms with van der Waals surface area (Å²) in [6, 6.07) is 6.95. The summed E-state index contributed by atoms with van der Waals surface area (Å²) in [5.74, 6) is -0.0560. The number of hydrogen-bond donors (Lipinski definition) is 0. The van der Waals surface area contributed by atoms with Crippen LogP contribution in [0.2, 0.25) is 0 Å². The number of carbonyl (C=O) groups excluding carboxylic acids is 1. The van der Waals surface area contributed by atoms with Crippen molar-refractivity contribution in [3.05, 3.63) is 35.4 Å². The van der Waals surface area contributed by atoms with E-state index < -0.39 is 5.67 Å². The lowest BCUT2D eigenvalue weighted by atomic mass is 9.99. The van der Waals surface area contributed by atoms with Crippen LogP contribution in [0.3, 0.4) is 0 Å². The topological polar surface area (TPSA) is 17.1 Å². The van der Waals surface area contributed by atoms with E-state index in [1.54, 1.807) is 24.3 Å². The molecule has 0 amide bonds. The Bertz CT molecular complexity index is 353. The normalized spacial score (nSPS) is 18.3. The number of ketones is 1. The minimum absolute atomic E-state index is 0.0560. The fourth-order valence-electron chi connectivity index (χ4n) is 1.56. The van der Waals surface area contributed by atoms with Gasteiger partial charge in [0.15, 0.2) is 5.78 Å². The molecule has 0 aromatic heterocycles. The average molecular weight is 178 g/mol. The summed E-state index contributed by atoms with van der Waals surface area (Å²) in [5, 5.41) is 0. The van der Waals surface area contributed by atoms with Gasteiger partial charge in [0, 0.05) is 5.56 Å². The molecule has 0 unspecified atom stereocenters. The van der Waals surface area contributed by atoms with E-state index in [0.29, 0.717) is 24.0 Å². The zero-order valence-corrected chi connectivity index (χ0v) is 7.51. The Hall–Kier alpha value is -1.18. The third kappa shape index (κ3) is 1.37. The molecular formula is C11H11FO. The molecular weight excluding hydrogens is 167 g/mol. The van der Waals surface area contributed by atoms with Crippen molar-refractivity contribution in [2.24, 2.45) is 0 Å². The summed E-state index contributed by atoms with van der Waals surface area (Å²) in [6.45, 7) is 1.48. The van der Waals surface area contributed by atoms with Gasteiger partial charge in [-0.25, -0.2) is 4.39 Å². The van der Waals surface area contributed by atoms with Crippen LogP contribution in [-0.4, -0.2) is 5.78 Å². The molecule has 0 spiro atoms. The van der Waals surface area contributed by atoms with Crippen LogP contribution in [0.4, 0.5) is 4.39 Å². The molecule has 1 aliphatic carbocycles. The van der Waals surface area contributed by atoms with E-state index in [4.69, 9.17) is 0 Å². The fourth-order valence-corrected chi connectivity index (χ4v) is 1.56. The predicted octanol–water partition coefficient (Wildman–Crippen LogP) is 2.85. The van der Waals surface area contributed by atoms with E-state index in [-0.39, 0.29) is 5.78 Å². The van der Waals surface area contributed by atoms with Crippen molar-refractivity contribution >= 4 is 5.78 Å². The van der Waals surface area contributed by atoms with E-state index in [0.717, 1.165) is 0 Å². The lowest BCUT2D eigenvalue weighted by Crippen LogP contribution is -2.06. The predicted molar refractivity (Wildman–Crippen MR) is 48.5 cm³/mol. The molecule has 0 heterocycles. The first-order valence-electron chi connectivity index (χ1n) is 4.43. The van der Waals surface area contributed by atoms with Crippen LogP contribution in [-0.2, 0) is 5.67 Å². The SMILES string of the molecule is CC(=O)c1ccccc1C1(F)CC1. The van der Waals surface area contributed by atoms with Gasteiger partial charge in [-0.3, -0.25) is 4.79 Å². The summed E-state index contributed by atoms with van der Waals surface area (Å²) in [5.41, 5.74) is -0.104. The number of rotatable bonds is 2. The van der Waals surface area contributed by atoms with Gasteiger partial charge in [0.05, 0.1) is 0 Å². The first-order valence-corrected chi connectivity index (χ1v) is 4.43. The molecule has 68 valence electrons. The Balaban J connectivity index is 2.50. The largest absolute Gasteiger partial charge is 0.294 e. The van der Waals surface area contributed by atoms with Gasteiger partial charge in [-0.2, -0.15) is 0 Å². The molecule has 0 saturated heterocycles. The Labute approximate surface area is 76.6 Å². The van der Waals surface area contributed by atoms with Gasteiger partial charge in [0.2, 0.25) is 0 Å². The molecule has 0 aliphatic heterocycles. The lowest BCUT2D eigenvalue weighted by molar-refractivity contribution is 0.101. The summed E-state index contributed by atoms with van der Waals surface area (Å²) in [4.78, 5) is 11.2. The second-order valence-corrected chi connectivity index (χ2v) is 3.57. The Morgan fingerprint density at radius 2 is 2.00 bits per heavy atom. The van der Waals surface area contributed by atoms with Crippen LogP contribution < -0.4 is 0 Å². The number of hydrogen-bond acceptors (Lipinski definition) is 1. The van der Waals surface area contributed by atoms with Crippen molar-refractivity contribution in [2.45, 2.75) is 25.4 Å². The molecule has 2 rings (SSSR count). The van der Waals surface area contributed by atoms with E-state index in [2.05, 4.69) is 0 Å². The highest BCUT2D eigenvalue weighted by molar-refractivity contribution is 5.96. The zero-order chi connectivity index (χ0) is 9.47. The minimum Gasteiger partial charge on any atom is -0.294 e. The molecule has 0 bridgehead atoms. The number of carbonyl (C=O) groups is 1. The molecule has 0 N–H and O–H groups in total. The standard InChI is InChI=1S/C11H11FO/c1-8(13)9-4-2-3-5-10(9)11(12)6-7-11/h2-5H,6-7H2,1H3. The van der Waals surface area contributed by atoms with Crippen molar-refractivity contribution in [1.29, 1.82) is 0 Å². The summed E-state index contributed by atoms with van der Waals surface area (Å²) < 4.78 is 13.7. The number of benzene rings is 1. The number of alkyl halides is 1. The van der Waals surface area contributed by atoms with Crippen molar-refractivity contribution in [1.82, 2.24) is 0 Å². The molecule has 1 nitrogen and oxygen atoms in total. The Kier molecular flexibility index (Phi) is 1.72. The molecule has 1 aromatic rings. The number of Topliss-reactive ketones (excluding diaryl/α,β-unsaturated/α-hetero) is 1. The minimum atomic E-state index is -1.21. The van der Waals surface area contributed by atoms with Crippen molar-refractivity contribution in [3.63, 3.8) is 0 Å². The first-order chi connectivity index (χ1) is 6.13. The van der Waals surface area contributed by atoms with Crippen LogP contribution >= 0.6 is 0 Å². The molecule has 1 aliphatic rings. The average Bonchev–Trinajstić information content (AvgIpc) is 2.85. The van der Waals surface area contributed by atoms with E-state index >= 15 is 0 Å². The molecule has 1 fully saturated rings. The Morgan fingerprint density at radius 1 is 1.38 bits per heavy atom. The molecule has 2 heteroatoms. The van der Waals surface area contributed by atoms with Gasteiger partial charge < -0.3 is 0 Å². The summed E-state index contributed by atoms with van der Waals surface area (Å²) >= 11 is 0. The number of halogens is 1. The van der Waals surface area contributed by atoms with Crippen LogP contribution in [0.15, 0.2) is 24.3 Å². The maximum atomic E-state index is 13.7. The van der Waals surface area contributed by atoms with Crippen LogP contribution in [0, 0.1) is 0 Å². The van der Waals surface area contributed by atoms with Crippen molar-refractivity contribution < 1.29 is 9.18 Å². The first kappa shape index (κ1) is 8.42. The fraction of sp³-hybridized carbons (Fsp3) is 0.364.